The lowest BCUT2D eigenvalue weighted by Gasteiger charge is -2.34. The molecule has 1 fully saturated rings. The molecule has 4 nitrogen and oxygen atoms in total. The Hall–Kier alpha value is -1.46. The summed E-state index contributed by atoms with van der Waals surface area (Å²) in [5, 5.41) is 1.17. The molecule has 1 saturated heterocycles. The van der Waals surface area contributed by atoms with E-state index in [1.807, 2.05) is 18.6 Å². The van der Waals surface area contributed by atoms with Gasteiger partial charge in [-0.2, -0.15) is 0 Å². The van der Waals surface area contributed by atoms with E-state index in [1.54, 1.807) is 11.3 Å². The van der Waals surface area contributed by atoms with E-state index < -0.39 is 0 Å². The summed E-state index contributed by atoms with van der Waals surface area (Å²) in [7, 11) is 0. The molecule has 3 heterocycles. The van der Waals surface area contributed by atoms with Crippen molar-refractivity contribution in [3.05, 3.63) is 41.2 Å². The number of hydrogen-bond donors (Lipinski definition) is 0. The molecule has 100 valence electrons. The Balaban J connectivity index is 1.55. The molecule has 0 radical (unpaired) electrons. The number of anilines is 1. The average Bonchev–Trinajstić information content (AvgIpc) is 2.87. The largest absolute Gasteiger partial charge is 0.346 e. The molecule has 0 aliphatic carbocycles. The lowest BCUT2D eigenvalue weighted by molar-refractivity contribution is 0.250. The topological polar surface area (TPSA) is 32.3 Å². The second kappa shape index (κ2) is 5.67. The van der Waals surface area contributed by atoms with Crippen LogP contribution in [0.5, 0.6) is 0 Å². The van der Waals surface area contributed by atoms with Gasteiger partial charge in [0.05, 0.1) is 0 Å². The minimum absolute atomic E-state index is 1.02. The molecule has 1 aliphatic rings. The fraction of sp³-hybridized carbons (Fsp3) is 0.429. The van der Waals surface area contributed by atoms with Gasteiger partial charge in [0.2, 0.25) is 0 Å². The Bertz CT molecular complexity index is 517. The molecule has 0 aromatic carbocycles. The van der Waals surface area contributed by atoms with Gasteiger partial charge in [0.25, 0.3) is 0 Å². The normalized spacial score (nSPS) is 16.8. The maximum atomic E-state index is 4.47. The van der Waals surface area contributed by atoms with Crippen molar-refractivity contribution in [2.75, 3.05) is 31.1 Å². The maximum Gasteiger partial charge on any atom is 0.185 e. The summed E-state index contributed by atoms with van der Waals surface area (Å²) in [5.41, 5.74) is 1.34. The van der Waals surface area contributed by atoms with Crippen molar-refractivity contribution >= 4 is 16.5 Å². The van der Waals surface area contributed by atoms with Crippen molar-refractivity contribution in [1.82, 2.24) is 14.9 Å². The fourth-order valence-corrected chi connectivity index (χ4v) is 3.14. The zero-order chi connectivity index (χ0) is 13.1. The van der Waals surface area contributed by atoms with Gasteiger partial charge in [-0.3, -0.25) is 9.88 Å². The van der Waals surface area contributed by atoms with Gasteiger partial charge in [-0.1, -0.05) is 0 Å². The molecule has 0 amide bonds. The van der Waals surface area contributed by atoms with Gasteiger partial charge in [-0.25, -0.2) is 4.98 Å². The number of rotatable bonds is 3. The van der Waals surface area contributed by atoms with E-state index in [9.17, 15) is 0 Å². The summed E-state index contributed by atoms with van der Waals surface area (Å²) < 4.78 is 0. The summed E-state index contributed by atoms with van der Waals surface area (Å²) in [4.78, 5) is 14.7. The Morgan fingerprint density at radius 1 is 1.16 bits per heavy atom. The van der Waals surface area contributed by atoms with Crippen molar-refractivity contribution in [3.8, 4) is 0 Å². The zero-order valence-electron chi connectivity index (χ0n) is 11.1. The number of nitrogens with zero attached hydrogens (tertiary/aromatic N) is 4. The lowest BCUT2D eigenvalue weighted by atomic mass is 10.2. The molecule has 3 rings (SSSR count). The highest BCUT2D eigenvalue weighted by atomic mass is 32.1. The van der Waals surface area contributed by atoms with Crippen LogP contribution in [0.25, 0.3) is 0 Å². The van der Waals surface area contributed by atoms with Crippen LogP contribution in [0.15, 0.2) is 30.7 Å². The summed E-state index contributed by atoms with van der Waals surface area (Å²) in [5.74, 6) is 0. The first-order valence-corrected chi connectivity index (χ1v) is 7.41. The summed E-state index contributed by atoms with van der Waals surface area (Å²) >= 11 is 1.79. The molecular formula is C14H18N4S. The number of aryl methyl sites for hydroxylation is 1. The monoisotopic (exact) mass is 274 g/mol. The van der Waals surface area contributed by atoms with Crippen LogP contribution in [0.2, 0.25) is 0 Å². The molecule has 19 heavy (non-hydrogen) atoms. The van der Waals surface area contributed by atoms with Gasteiger partial charge in [-0.15, -0.1) is 11.3 Å². The quantitative estimate of drug-likeness (QED) is 0.858. The van der Waals surface area contributed by atoms with Crippen LogP contribution in [0.1, 0.15) is 10.4 Å². The van der Waals surface area contributed by atoms with Crippen molar-refractivity contribution in [2.24, 2.45) is 0 Å². The first-order chi connectivity index (χ1) is 9.31. The van der Waals surface area contributed by atoms with Crippen molar-refractivity contribution in [3.63, 3.8) is 0 Å². The summed E-state index contributed by atoms with van der Waals surface area (Å²) in [6, 6.07) is 4.19. The van der Waals surface area contributed by atoms with Crippen LogP contribution < -0.4 is 4.90 Å². The van der Waals surface area contributed by atoms with Crippen LogP contribution in [-0.4, -0.2) is 41.0 Å². The van der Waals surface area contributed by atoms with E-state index in [1.165, 1.54) is 15.6 Å². The van der Waals surface area contributed by atoms with Crippen molar-refractivity contribution in [1.29, 1.82) is 0 Å². The summed E-state index contributed by atoms with van der Waals surface area (Å²) in [6.07, 6.45) is 5.69. The molecule has 0 saturated carbocycles. The Kier molecular flexibility index (Phi) is 3.75. The Morgan fingerprint density at radius 3 is 2.53 bits per heavy atom. The van der Waals surface area contributed by atoms with Gasteiger partial charge in [0, 0.05) is 56.2 Å². The van der Waals surface area contributed by atoms with Gasteiger partial charge in [0.1, 0.15) is 0 Å². The second-order valence-corrected chi connectivity index (χ2v) is 6.09. The molecule has 0 atom stereocenters. The van der Waals surface area contributed by atoms with E-state index in [2.05, 4.69) is 38.8 Å². The predicted molar refractivity (Wildman–Crippen MR) is 78.6 cm³/mol. The molecule has 5 heteroatoms. The second-order valence-electron chi connectivity index (χ2n) is 4.87. The molecule has 0 bridgehead atoms. The van der Waals surface area contributed by atoms with Crippen LogP contribution in [-0.2, 0) is 6.54 Å². The van der Waals surface area contributed by atoms with E-state index in [4.69, 9.17) is 0 Å². The Labute approximate surface area is 117 Å². The SMILES string of the molecule is Cc1cnc(N2CCN(Cc3ccncc3)CC2)s1. The first kappa shape index (κ1) is 12.6. The third-order valence-electron chi connectivity index (χ3n) is 3.41. The third kappa shape index (κ3) is 3.11. The highest BCUT2D eigenvalue weighted by molar-refractivity contribution is 7.15. The first-order valence-electron chi connectivity index (χ1n) is 6.60. The van der Waals surface area contributed by atoms with Crippen molar-refractivity contribution < 1.29 is 0 Å². The number of thiazole rings is 1. The smallest absolute Gasteiger partial charge is 0.185 e. The van der Waals surface area contributed by atoms with Gasteiger partial charge < -0.3 is 4.90 Å². The van der Waals surface area contributed by atoms with E-state index >= 15 is 0 Å². The van der Waals surface area contributed by atoms with Crippen LogP contribution in [0.4, 0.5) is 5.13 Å². The maximum absolute atomic E-state index is 4.47. The minimum atomic E-state index is 1.02. The highest BCUT2D eigenvalue weighted by Crippen LogP contribution is 2.23. The van der Waals surface area contributed by atoms with Crippen molar-refractivity contribution in [2.45, 2.75) is 13.5 Å². The van der Waals surface area contributed by atoms with Gasteiger partial charge in [0.15, 0.2) is 5.13 Å². The average molecular weight is 274 g/mol. The standard InChI is InChI=1S/C14H18N4S/c1-12-10-16-14(19-12)18-8-6-17(7-9-18)11-13-2-4-15-5-3-13/h2-5,10H,6-9,11H2,1H3. The summed E-state index contributed by atoms with van der Waals surface area (Å²) in [6.45, 7) is 7.46. The highest BCUT2D eigenvalue weighted by Gasteiger charge is 2.18. The number of hydrogen-bond acceptors (Lipinski definition) is 5. The van der Waals surface area contributed by atoms with Crippen LogP contribution in [0.3, 0.4) is 0 Å². The number of piperazine rings is 1. The molecule has 2 aromatic heterocycles. The van der Waals surface area contributed by atoms with Crippen LogP contribution >= 0.6 is 11.3 Å². The molecule has 0 unspecified atom stereocenters. The lowest BCUT2D eigenvalue weighted by Crippen LogP contribution is -2.45. The molecular weight excluding hydrogens is 256 g/mol. The number of pyridine rings is 1. The van der Waals surface area contributed by atoms with Crippen LogP contribution in [0, 0.1) is 6.92 Å². The third-order valence-corrected chi connectivity index (χ3v) is 4.38. The molecule has 1 aliphatic heterocycles. The molecule has 2 aromatic rings. The van der Waals surface area contributed by atoms with E-state index in [0.29, 0.717) is 0 Å². The Morgan fingerprint density at radius 2 is 1.89 bits per heavy atom. The zero-order valence-corrected chi connectivity index (χ0v) is 11.9. The van der Waals surface area contributed by atoms with Gasteiger partial charge >= 0.3 is 0 Å². The molecule has 0 spiro atoms. The fourth-order valence-electron chi connectivity index (χ4n) is 2.33. The predicted octanol–water partition coefficient (Wildman–Crippen LogP) is 2.17. The minimum Gasteiger partial charge on any atom is -0.346 e. The van der Waals surface area contributed by atoms with E-state index in [0.717, 1.165) is 32.7 Å². The van der Waals surface area contributed by atoms with E-state index in [-0.39, 0.29) is 0 Å². The number of aromatic nitrogens is 2. The molecule has 0 N–H and O–H groups in total. The van der Waals surface area contributed by atoms with Gasteiger partial charge in [-0.05, 0) is 24.6 Å².